The van der Waals surface area contributed by atoms with Crippen LogP contribution in [0.15, 0.2) is 42.0 Å². The first-order valence-electron chi connectivity index (χ1n) is 24.5. The molecule has 0 radical (unpaired) electrons. The summed E-state index contributed by atoms with van der Waals surface area (Å²) in [5, 5.41) is 38.0. The summed E-state index contributed by atoms with van der Waals surface area (Å²) >= 11 is 0. The highest BCUT2D eigenvalue weighted by molar-refractivity contribution is 5.90. The Morgan fingerprint density at radius 3 is 1.74 bits per heavy atom. The quantitative estimate of drug-likeness (QED) is 0.178. The highest BCUT2D eigenvalue weighted by Crippen LogP contribution is 2.71. The number of aliphatic hydroxyl groups is 3. The van der Waals surface area contributed by atoms with Gasteiger partial charge in [0, 0.05) is 53.4 Å². The van der Waals surface area contributed by atoms with Crippen LogP contribution in [0.2, 0.25) is 0 Å². The summed E-state index contributed by atoms with van der Waals surface area (Å²) in [6.45, 7) is 12.0. The van der Waals surface area contributed by atoms with E-state index in [0.29, 0.717) is 44.1 Å². The van der Waals surface area contributed by atoms with Crippen LogP contribution in [0, 0.1) is 16.7 Å². The molecule has 3 saturated carbocycles. The predicted octanol–water partition coefficient (Wildman–Crippen LogP) is 4.87. The normalized spacial score (nSPS) is 46.9. The van der Waals surface area contributed by atoms with Crippen molar-refractivity contribution in [2.75, 3.05) is 21.3 Å². The molecular formula is C51H74O17. The standard InChI is InChI=1S/C51H74O17/c1-27-43(64-31(5)53)35(58-8)24-41(62-27)67-45-29(3)63-42(25-37(45)60-10)68-44-28(2)61-40(23-36(44)59-9)65-34-17-18-47(6)33(22-34)16-19-50(56)38(47)26-39(66-46(54)32-14-12-11-13-15-32)48(7)49(55,30(4)52)20-21-51(48,50)57/h11-16,27-29,34-45,55-57H,17-26H2,1-10H3/t27-,28-,29-,34+,35-,36+,37+,38-,39-,40+,41+,42+,43-,44-,45-,47+,48-,49-,50+,51-/m1/s1. The number of rotatable bonds is 13. The van der Waals surface area contributed by atoms with E-state index < -0.39 is 131 Å². The van der Waals surface area contributed by atoms with Crippen LogP contribution in [0.5, 0.6) is 0 Å². The van der Waals surface area contributed by atoms with Crippen LogP contribution in [0.4, 0.5) is 0 Å². The molecule has 1 aromatic carbocycles. The van der Waals surface area contributed by atoms with Gasteiger partial charge in [-0.3, -0.25) is 9.59 Å². The number of Topliss-reactive ketones (excluding diaryl/α,β-unsaturated/α-hetero) is 1. The van der Waals surface area contributed by atoms with Crippen LogP contribution in [-0.4, -0.2) is 157 Å². The van der Waals surface area contributed by atoms with E-state index in [9.17, 15) is 29.7 Å². The Kier molecular flexibility index (Phi) is 14.8. The Bertz CT molecular complexity index is 2020. The SMILES string of the molecule is CO[C@H]1C[C@H](O[C@H]2CC[C@@]3(C)C(=CC[C@]4(O)[C@@H]3C[C@@H](OC(=O)c3ccccc3)[C@@]3(C)[C@]4(O)CC[C@@]3(O)C(C)=O)C2)O[C@H](C)[C@H]1O[C@H]1C[C@H](OC)[C@H](O[C@H]2C[C@@H](OC)[C@H](OC(C)=O)[C@@H](C)O2)[C@@H](C)O1. The van der Waals surface area contributed by atoms with Crippen molar-refractivity contribution < 1.29 is 81.8 Å². The highest BCUT2D eigenvalue weighted by Gasteiger charge is 2.81. The molecule has 380 valence electrons. The summed E-state index contributed by atoms with van der Waals surface area (Å²) in [6.07, 6.45) is -2.31. The van der Waals surface area contributed by atoms with Gasteiger partial charge in [-0.05, 0) is 97.1 Å². The summed E-state index contributed by atoms with van der Waals surface area (Å²) in [7, 11) is 4.83. The number of benzene rings is 1. The summed E-state index contributed by atoms with van der Waals surface area (Å²) in [6, 6.07) is 8.52. The molecule has 3 N–H and O–H groups in total. The monoisotopic (exact) mass is 958 g/mol. The fraction of sp³-hybridized carbons (Fsp3) is 0.784. The number of methoxy groups -OCH3 is 3. The van der Waals surface area contributed by atoms with Crippen molar-refractivity contribution in [3.05, 3.63) is 47.5 Å². The summed E-state index contributed by atoms with van der Waals surface area (Å²) < 4.78 is 68.2. The second-order valence-corrected chi connectivity index (χ2v) is 20.9. The Hall–Kier alpha value is -2.91. The number of carbonyl (C=O) groups is 3. The maximum atomic E-state index is 13.7. The van der Waals surface area contributed by atoms with Gasteiger partial charge >= 0.3 is 11.9 Å². The fourth-order valence-electron chi connectivity index (χ4n) is 13.5. The fourth-order valence-corrected chi connectivity index (χ4v) is 13.5. The minimum absolute atomic E-state index is 0.0418. The van der Waals surface area contributed by atoms with Gasteiger partial charge in [-0.2, -0.15) is 0 Å². The zero-order valence-electron chi connectivity index (χ0n) is 41.3. The van der Waals surface area contributed by atoms with Crippen LogP contribution in [-0.2, 0) is 61.7 Å². The molecule has 4 aliphatic carbocycles. The topological polar surface area (TPSA) is 213 Å². The zero-order chi connectivity index (χ0) is 49.1. The number of hydrogen-bond donors (Lipinski definition) is 3. The van der Waals surface area contributed by atoms with Gasteiger partial charge in [-0.25, -0.2) is 4.79 Å². The van der Waals surface area contributed by atoms with Crippen LogP contribution in [0.3, 0.4) is 0 Å². The van der Waals surface area contributed by atoms with E-state index in [1.807, 2.05) is 26.8 Å². The molecule has 6 fully saturated rings. The van der Waals surface area contributed by atoms with E-state index >= 15 is 0 Å². The number of esters is 2. The molecule has 0 spiro atoms. The van der Waals surface area contributed by atoms with Crippen molar-refractivity contribution in [2.45, 2.75) is 215 Å². The second-order valence-electron chi connectivity index (χ2n) is 20.9. The molecule has 0 bridgehead atoms. The van der Waals surface area contributed by atoms with Crippen LogP contribution in [0.25, 0.3) is 0 Å². The van der Waals surface area contributed by atoms with E-state index in [1.165, 1.54) is 13.8 Å². The first kappa shape index (κ1) is 51.4. The first-order valence-corrected chi connectivity index (χ1v) is 24.5. The minimum atomic E-state index is -2.03. The second kappa shape index (κ2) is 19.6. The first-order chi connectivity index (χ1) is 32.2. The Labute approximate surface area is 399 Å². The van der Waals surface area contributed by atoms with Crippen molar-refractivity contribution >= 4 is 17.7 Å². The third-order valence-electron chi connectivity index (χ3n) is 17.4. The number of ketones is 1. The van der Waals surface area contributed by atoms with Gasteiger partial charge in [0.1, 0.15) is 41.2 Å². The van der Waals surface area contributed by atoms with E-state index in [4.69, 9.17) is 52.1 Å². The van der Waals surface area contributed by atoms with Crippen molar-refractivity contribution in [3.63, 3.8) is 0 Å². The van der Waals surface area contributed by atoms with Crippen molar-refractivity contribution in [2.24, 2.45) is 16.7 Å². The Morgan fingerprint density at radius 1 is 0.676 bits per heavy atom. The summed E-state index contributed by atoms with van der Waals surface area (Å²) in [5.41, 5.74) is -6.66. The minimum Gasteiger partial charge on any atom is -0.458 e. The third-order valence-corrected chi connectivity index (χ3v) is 17.4. The highest BCUT2D eigenvalue weighted by atomic mass is 16.7. The lowest BCUT2D eigenvalue weighted by molar-refractivity contribution is -0.339. The van der Waals surface area contributed by atoms with Crippen LogP contribution in [0.1, 0.15) is 123 Å². The molecule has 0 unspecified atom stereocenters. The number of carbonyl (C=O) groups excluding carboxylic acids is 3. The third kappa shape index (κ3) is 8.71. The zero-order valence-corrected chi connectivity index (χ0v) is 41.3. The largest absolute Gasteiger partial charge is 0.458 e. The van der Waals surface area contributed by atoms with Crippen LogP contribution >= 0.6 is 0 Å². The Morgan fingerprint density at radius 2 is 1.21 bits per heavy atom. The molecule has 17 heteroatoms. The van der Waals surface area contributed by atoms with Gasteiger partial charge in [0.15, 0.2) is 30.8 Å². The molecule has 8 rings (SSSR count). The van der Waals surface area contributed by atoms with Gasteiger partial charge in [-0.1, -0.05) is 36.8 Å². The van der Waals surface area contributed by atoms with E-state index in [0.717, 1.165) is 5.57 Å². The molecule has 0 aromatic heterocycles. The van der Waals surface area contributed by atoms with Gasteiger partial charge in [-0.15, -0.1) is 0 Å². The molecule has 0 amide bonds. The molecule has 3 saturated heterocycles. The average Bonchev–Trinajstić information content (AvgIpc) is 3.53. The molecule has 3 heterocycles. The smallest absolute Gasteiger partial charge is 0.338 e. The summed E-state index contributed by atoms with van der Waals surface area (Å²) in [4.78, 5) is 38.7. The van der Waals surface area contributed by atoms with Crippen molar-refractivity contribution in [3.8, 4) is 0 Å². The van der Waals surface area contributed by atoms with E-state index in [2.05, 4.69) is 6.92 Å². The maximum absolute atomic E-state index is 13.7. The number of ether oxygens (including phenoxy) is 11. The van der Waals surface area contributed by atoms with Gasteiger partial charge in [0.25, 0.3) is 0 Å². The molecule has 17 nitrogen and oxygen atoms in total. The lowest BCUT2D eigenvalue weighted by Crippen LogP contribution is -2.78. The lowest BCUT2D eigenvalue weighted by Gasteiger charge is -2.67. The van der Waals surface area contributed by atoms with Crippen LogP contribution < -0.4 is 0 Å². The van der Waals surface area contributed by atoms with Crippen molar-refractivity contribution in [1.82, 2.24) is 0 Å². The van der Waals surface area contributed by atoms with E-state index in [-0.39, 0.29) is 31.8 Å². The lowest BCUT2D eigenvalue weighted by atomic mass is 9.42. The molecule has 68 heavy (non-hydrogen) atoms. The molecular weight excluding hydrogens is 885 g/mol. The maximum Gasteiger partial charge on any atom is 0.338 e. The number of hydrogen-bond acceptors (Lipinski definition) is 17. The Balaban J connectivity index is 0.910. The van der Waals surface area contributed by atoms with Crippen molar-refractivity contribution in [1.29, 1.82) is 0 Å². The van der Waals surface area contributed by atoms with Gasteiger partial charge in [0.2, 0.25) is 0 Å². The molecule has 7 aliphatic rings. The molecule has 20 atom stereocenters. The van der Waals surface area contributed by atoms with E-state index in [1.54, 1.807) is 58.6 Å². The summed E-state index contributed by atoms with van der Waals surface area (Å²) in [5.74, 6) is -2.15. The average molecular weight is 959 g/mol. The predicted molar refractivity (Wildman–Crippen MR) is 241 cm³/mol. The molecule has 1 aromatic rings. The van der Waals surface area contributed by atoms with Gasteiger partial charge in [0.05, 0.1) is 47.6 Å². The molecule has 3 aliphatic heterocycles. The number of fused-ring (bicyclic) bond motifs is 5. The van der Waals surface area contributed by atoms with Gasteiger partial charge < -0.3 is 67.4 Å².